The van der Waals surface area contributed by atoms with Crippen molar-refractivity contribution in [3.8, 4) is 0 Å². The van der Waals surface area contributed by atoms with Crippen molar-refractivity contribution in [3.05, 3.63) is 12.2 Å². The molecule has 0 spiro atoms. The molecule has 1 fully saturated rings. The summed E-state index contributed by atoms with van der Waals surface area (Å²) < 4.78 is 22.0. The van der Waals surface area contributed by atoms with Gasteiger partial charge in [-0.25, -0.2) is 0 Å². The maximum Gasteiger partial charge on any atom is 0.343 e. The van der Waals surface area contributed by atoms with Gasteiger partial charge in [-0.2, -0.15) is 0 Å². The van der Waals surface area contributed by atoms with Gasteiger partial charge in [0.25, 0.3) is 0 Å². The largest absolute Gasteiger partial charge is 0.391 e. The summed E-state index contributed by atoms with van der Waals surface area (Å²) in [6.07, 6.45) is 4.18. The van der Waals surface area contributed by atoms with E-state index in [1.54, 1.807) is 0 Å². The lowest BCUT2D eigenvalue weighted by molar-refractivity contribution is -0.121. The van der Waals surface area contributed by atoms with Gasteiger partial charge in [-0.05, 0) is 18.8 Å². The average molecular weight is 260 g/mol. The van der Waals surface area contributed by atoms with Gasteiger partial charge < -0.3 is 14.2 Å². The van der Waals surface area contributed by atoms with Crippen LogP contribution >= 0.6 is 7.60 Å². The van der Waals surface area contributed by atoms with Crippen molar-refractivity contribution in [3.63, 3.8) is 0 Å². The molecule has 0 saturated heterocycles. The monoisotopic (exact) mass is 260 g/mol. The lowest BCUT2D eigenvalue weighted by Gasteiger charge is -2.24. The second-order valence-corrected chi connectivity index (χ2v) is 6.82. The first-order chi connectivity index (χ1) is 8.05. The number of aliphatic hydroxyl groups is 1. The van der Waals surface area contributed by atoms with Crippen LogP contribution in [0, 0.1) is 11.8 Å². The Morgan fingerprint density at radius 2 is 1.88 bits per heavy atom. The average Bonchev–Trinajstić information content (AvgIpc) is 2.62. The number of hydrogen-bond donors (Lipinski definition) is 1. The third-order valence-corrected chi connectivity index (χ3v) is 6.01. The molecular formula is C11H17O5P. The third-order valence-electron chi connectivity index (χ3n) is 3.75. The first-order valence-corrected chi connectivity index (χ1v) is 7.24. The molecule has 96 valence electrons. The number of rotatable bonds is 3. The molecule has 1 N–H and O–H groups in total. The topological polar surface area (TPSA) is 72.8 Å². The minimum absolute atomic E-state index is 0.156. The van der Waals surface area contributed by atoms with Crippen LogP contribution in [0.5, 0.6) is 0 Å². The van der Waals surface area contributed by atoms with E-state index in [9.17, 15) is 14.5 Å². The quantitative estimate of drug-likeness (QED) is 0.612. The summed E-state index contributed by atoms with van der Waals surface area (Å²) >= 11 is 0. The highest BCUT2D eigenvalue weighted by Gasteiger charge is 2.57. The Morgan fingerprint density at radius 1 is 1.29 bits per heavy atom. The smallest absolute Gasteiger partial charge is 0.343 e. The summed E-state index contributed by atoms with van der Waals surface area (Å²) in [5, 5.41) is 10.2. The van der Waals surface area contributed by atoms with Crippen molar-refractivity contribution < 1.29 is 23.5 Å². The van der Waals surface area contributed by atoms with E-state index in [1.165, 1.54) is 14.2 Å². The van der Waals surface area contributed by atoms with Crippen LogP contribution in [0.1, 0.15) is 12.8 Å². The standard InChI is InChI=1S/C11H17O5P/c1-15-17(14,16-2)11-9(12)7-5-3-4-6-8(7)10(11)13/h3-4,7-9,11-12H,5-6H2,1-2H3/t7-,8+,9+,11?/m1/s1. The highest BCUT2D eigenvalue weighted by molar-refractivity contribution is 7.55. The van der Waals surface area contributed by atoms with Crippen LogP contribution < -0.4 is 0 Å². The van der Waals surface area contributed by atoms with E-state index in [4.69, 9.17) is 9.05 Å². The fraction of sp³-hybridized carbons (Fsp3) is 0.727. The molecule has 2 rings (SSSR count). The molecule has 0 amide bonds. The molecule has 17 heavy (non-hydrogen) atoms. The zero-order valence-corrected chi connectivity index (χ0v) is 10.8. The molecule has 0 bridgehead atoms. The summed E-state index contributed by atoms with van der Waals surface area (Å²) in [7, 11) is -1.06. The summed E-state index contributed by atoms with van der Waals surface area (Å²) in [5.41, 5.74) is -1.03. The van der Waals surface area contributed by atoms with Gasteiger partial charge in [0.1, 0.15) is 5.66 Å². The summed E-state index contributed by atoms with van der Waals surface area (Å²) in [4.78, 5) is 12.2. The predicted octanol–water partition coefficient (Wildman–Crippen LogP) is 1.37. The third kappa shape index (κ3) is 1.91. The number of allylic oxidation sites excluding steroid dienone is 2. The predicted molar refractivity (Wildman–Crippen MR) is 61.8 cm³/mol. The van der Waals surface area contributed by atoms with Crippen LogP contribution in [0.2, 0.25) is 0 Å². The van der Waals surface area contributed by atoms with Crippen molar-refractivity contribution in [2.45, 2.75) is 24.6 Å². The lowest BCUT2D eigenvalue weighted by atomic mass is 9.85. The minimum Gasteiger partial charge on any atom is -0.391 e. The van der Waals surface area contributed by atoms with Gasteiger partial charge in [0, 0.05) is 20.1 Å². The normalized spacial score (nSPS) is 37.2. The van der Waals surface area contributed by atoms with Crippen LogP contribution in [0.3, 0.4) is 0 Å². The molecule has 0 aromatic rings. The SMILES string of the molecule is COP(=O)(OC)C1C(=O)[C@H]2CC=CC[C@H]2[C@@H]1O. The van der Waals surface area contributed by atoms with Gasteiger partial charge >= 0.3 is 7.60 Å². The Labute approximate surface area is 100 Å². The van der Waals surface area contributed by atoms with E-state index in [0.717, 1.165) is 0 Å². The highest BCUT2D eigenvalue weighted by atomic mass is 31.2. The maximum absolute atomic E-state index is 12.3. The second kappa shape index (κ2) is 4.65. The van der Waals surface area contributed by atoms with Crippen molar-refractivity contribution in [1.29, 1.82) is 0 Å². The molecule has 4 atom stereocenters. The Morgan fingerprint density at radius 3 is 2.41 bits per heavy atom. The molecule has 0 aromatic heterocycles. The van der Waals surface area contributed by atoms with E-state index in [1.807, 2.05) is 12.2 Å². The van der Waals surface area contributed by atoms with Gasteiger partial charge in [0.2, 0.25) is 0 Å². The number of ketones is 1. The number of carbonyl (C=O) groups is 1. The van der Waals surface area contributed by atoms with Gasteiger partial charge in [-0.3, -0.25) is 9.36 Å². The fourth-order valence-electron chi connectivity index (χ4n) is 2.81. The second-order valence-electron chi connectivity index (χ2n) is 4.46. The van der Waals surface area contributed by atoms with Crippen LogP contribution in [0.4, 0.5) is 0 Å². The van der Waals surface area contributed by atoms with E-state index >= 15 is 0 Å². The molecule has 6 heteroatoms. The van der Waals surface area contributed by atoms with Gasteiger partial charge in [0.15, 0.2) is 5.78 Å². The van der Waals surface area contributed by atoms with E-state index in [-0.39, 0.29) is 17.6 Å². The van der Waals surface area contributed by atoms with E-state index < -0.39 is 19.4 Å². The first-order valence-electron chi connectivity index (χ1n) is 5.63. The Balaban J connectivity index is 2.32. The van der Waals surface area contributed by atoms with Crippen LogP contribution in [0.15, 0.2) is 12.2 Å². The summed E-state index contributed by atoms with van der Waals surface area (Å²) in [6, 6.07) is 0. The number of Topliss-reactive ketones (excluding diaryl/α,β-unsaturated/α-hetero) is 1. The number of aliphatic hydroxyl groups excluding tert-OH is 1. The van der Waals surface area contributed by atoms with Gasteiger partial charge in [-0.1, -0.05) is 12.2 Å². The zero-order chi connectivity index (χ0) is 12.6. The summed E-state index contributed by atoms with van der Waals surface area (Å²) in [6.45, 7) is 0. The number of fused-ring (bicyclic) bond motifs is 1. The lowest BCUT2D eigenvalue weighted by Crippen LogP contribution is -2.29. The molecule has 5 nitrogen and oxygen atoms in total. The highest BCUT2D eigenvalue weighted by Crippen LogP contribution is 2.59. The molecule has 0 aliphatic heterocycles. The zero-order valence-electron chi connectivity index (χ0n) is 9.91. The number of hydrogen-bond acceptors (Lipinski definition) is 5. The van der Waals surface area contributed by atoms with Crippen molar-refractivity contribution >= 4 is 13.4 Å². The first kappa shape index (κ1) is 13.0. The van der Waals surface area contributed by atoms with Crippen LogP contribution in [0.25, 0.3) is 0 Å². The Kier molecular flexibility index (Phi) is 3.55. The Hall–Kier alpha value is -0.480. The maximum atomic E-state index is 12.3. The summed E-state index contributed by atoms with van der Waals surface area (Å²) in [5.74, 6) is -0.603. The molecule has 2 aliphatic rings. The molecule has 0 radical (unpaired) electrons. The van der Waals surface area contributed by atoms with Crippen LogP contribution in [-0.4, -0.2) is 36.9 Å². The van der Waals surface area contributed by atoms with Crippen molar-refractivity contribution in [2.24, 2.45) is 11.8 Å². The van der Waals surface area contributed by atoms with Gasteiger partial charge in [0.05, 0.1) is 6.10 Å². The molecule has 1 unspecified atom stereocenters. The van der Waals surface area contributed by atoms with Crippen molar-refractivity contribution in [1.82, 2.24) is 0 Å². The minimum atomic E-state index is -3.54. The molecule has 0 aromatic carbocycles. The molecule has 1 saturated carbocycles. The van der Waals surface area contributed by atoms with Gasteiger partial charge in [-0.15, -0.1) is 0 Å². The van der Waals surface area contributed by atoms with E-state index in [2.05, 4.69) is 0 Å². The van der Waals surface area contributed by atoms with E-state index in [0.29, 0.717) is 12.8 Å². The fourth-order valence-corrected chi connectivity index (χ4v) is 4.51. The molecule has 0 heterocycles. The molecule has 2 aliphatic carbocycles. The molecular weight excluding hydrogens is 243 g/mol. The van der Waals surface area contributed by atoms with Crippen LogP contribution in [-0.2, 0) is 18.4 Å². The Bertz CT molecular complexity index is 383. The van der Waals surface area contributed by atoms with Crippen molar-refractivity contribution in [2.75, 3.05) is 14.2 Å². The number of carbonyl (C=O) groups excluding carboxylic acids is 1.